The molecule has 0 spiro atoms. The molecule has 0 aliphatic rings. The molecule has 0 saturated heterocycles. The molecule has 3 atom stereocenters. The molecule has 0 saturated carbocycles. The second-order valence-corrected chi connectivity index (χ2v) is 9.43. The Kier molecular flexibility index (Phi) is 12.7. The number of nitrogens with one attached hydrogen (secondary N) is 2. The van der Waals surface area contributed by atoms with Crippen molar-refractivity contribution in [1.82, 2.24) is 20.4 Å². The molecule has 2 rings (SSSR count). The van der Waals surface area contributed by atoms with Gasteiger partial charge in [-0.3, -0.25) is 19.6 Å². The third-order valence-electron chi connectivity index (χ3n) is 5.80. The van der Waals surface area contributed by atoms with Crippen molar-refractivity contribution in [2.75, 3.05) is 18.9 Å². The van der Waals surface area contributed by atoms with E-state index in [1.165, 1.54) is 29.6 Å². The minimum atomic E-state index is -0.973. The van der Waals surface area contributed by atoms with E-state index in [1.807, 2.05) is 30.3 Å². The standard InChI is InChI=1S/C23H32N8O6S/c1-17(30(35)16-32)19(11-6-10-18-8-4-3-5-9-18)21(33)25-20(22(34)26-23-24-13-15-38-23)12-7-14-29(2)27-28-31(36)37/h3-5,8-9,13,15-17,19-20,35H,6-7,10-12,14H2,1-2H3,(H,25,33)(H,24,26,34)/t17-,19+,20-/m0/s1. The van der Waals surface area contributed by atoms with Gasteiger partial charge in [-0.15, -0.1) is 11.3 Å². The van der Waals surface area contributed by atoms with Crippen LogP contribution in [-0.4, -0.2) is 69.2 Å². The van der Waals surface area contributed by atoms with E-state index in [0.717, 1.165) is 5.56 Å². The summed E-state index contributed by atoms with van der Waals surface area (Å²) in [5.74, 6) is -1.78. The zero-order valence-corrected chi connectivity index (χ0v) is 22.0. The molecular weight excluding hydrogens is 516 g/mol. The van der Waals surface area contributed by atoms with E-state index in [9.17, 15) is 29.7 Å². The number of nitrogens with zero attached hydrogens (tertiary/aromatic N) is 6. The summed E-state index contributed by atoms with van der Waals surface area (Å²) in [7, 11) is 1.50. The zero-order valence-electron chi connectivity index (χ0n) is 21.2. The molecule has 206 valence electrons. The van der Waals surface area contributed by atoms with Crippen LogP contribution in [0.4, 0.5) is 5.13 Å². The lowest BCUT2D eigenvalue weighted by Gasteiger charge is -2.29. The third-order valence-corrected chi connectivity index (χ3v) is 6.49. The molecular formula is C23H32N8O6S. The van der Waals surface area contributed by atoms with Crippen molar-refractivity contribution in [3.63, 3.8) is 0 Å². The second kappa shape index (κ2) is 16.0. The summed E-state index contributed by atoms with van der Waals surface area (Å²) < 4.78 is 0. The number of aromatic nitrogens is 1. The molecule has 0 aliphatic heterocycles. The number of nitro groups is 1. The third kappa shape index (κ3) is 10.6. The van der Waals surface area contributed by atoms with Crippen LogP contribution in [0.3, 0.4) is 0 Å². The van der Waals surface area contributed by atoms with Crippen LogP contribution in [0.2, 0.25) is 0 Å². The van der Waals surface area contributed by atoms with Gasteiger partial charge in [0.2, 0.25) is 23.4 Å². The van der Waals surface area contributed by atoms with Crippen LogP contribution in [-0.2, 0) is 20.8 Å². The first-order valence-electron chi connectivity index (χ1n) is 12.0. The Morgan fingerprint density at radius 1 is 1.24 bits per heavy atom. The summed E-state index contributed by atoms with van der Waals surface area (Å²) in [5.41, 5.74) is 1.09. The monoisotopic (exact) mass is 548 g/mol. The lowest BCUT2D eigenvalue weighted by molar-refractivity contribution is -0.496. The van der Waals surface area contributed by atoms with Crippen LogP contribution < -0.4 is 10.6 Å². The number of thiazole rings is 1. The van der Waals surface area contributed by atoms with Gasteiger partial charge >= 0.3 is 0 Å². The SMILES string of the molecule is C[C@@H]([C@@H](CCCc1ccccc1)C(=O)N[C@@H](CCCN(C)N=N[N+](=O)[O-])C(=O)Nc1nccs1)N(O)C=O. The Balaban J connectivity index is 2.10. The molecule has 0 aliphatic carbocycles. The Labute approximate surface area is 223 Å². The van der Waals surface area contributed by atoms with Gasteiger partial charge in [-0.25, -0.2) is 10.0 Å². The van der Waals surface area contributed by atoms with Gasteiger partial charge in [0.05, 0.1) is 23.5 Å². The number of rotatable bonds is 17. The van der Waals surface area contributed by atoms with E-state index >= 15 is 0 Å². The number of hydroxylamine groups is 2. The van der Waals surface area contributed by atoms with Gasteiger partial charge in [0, 0.05) is 18.6 Å². The highest BCUT2D eigenvalue weighted by Crippen LogP contribution is 2.19. The highest BCUT2D eigenvalue weighted by molar-refractivity contribution is 7.13. The normalized spacial score (nSPS) is 13.3. The topological polar surface area (TPSA) is 183 Å². The van der Waals surface area contributed by atoms with E-state index in [-0.39, 0.29) is 19.4 Å². The number of hydrogen-bond acceptors (Lipinski definition) is 9. The Hall–Kier alpha value is -3.98. The predicted molar refractivity (Wildman–Crippen MR) is 138 cm³/mol. The Morgan fingerprint density at radius 2 is 1.97 bits per heavy atom. The van der Waals surface area contributed by atoms with Crippen molar-refractivity contribution in [2.45, 2.75) is 51.1 Å². The van der Waals surface area contributed by atoms with Gasteiger partial charge in [-0.2, -0.15) is 5.01 Å². The smallest absolute Gasteiger partial charge is 0.248 e. The number of benzene rings is 1. The van der Waals surface area contributed by atoms with Crippen molar-refractivity contribution < 1.29 is 24.6 Å². The van der Waals surface area contributed by atoms with Crippen molar-refractivity contribution in [1.29, 1.82) is 0 Å². The fourth-order valence-electron chi connectivity index (χ4n) is 3.74. The zero-order chi connectivity index (χ0) is 27.9. The molecule has 15 heteroatoms. The fourth-order valence-corrected chi connectivity index (χ4v) is 4.27. The van der Waals surface area contributed by atoms with Gasteiger partial charge < -0.3 is 20.7 Å². The molecule has 2 aromatic rings. The maximum atomic E-state index is 13.4. The van der Waals surface area contributed by atoms with E-state index in [0.29, 0.717) is 35.9 Å². The first-order chi connectivity index (χ1) is 18.2. The number of aryl methyl sites for hydroxylation is 1. The molecule has 3 N–H and O–H groups in total. The average Bonchev–Trinajstić information content (AvgIpc) is 3.42. The van der Waals surface area contributed by atoms with E-state index in [4.69, 9.17) is 0 Å². The quantitative estimate of drug-likeness (QED) is 0.0886. The highest BCUT2D eigenvalue weighted by Gasteiger charge is 2.31. The lowest BCUT2D eigenvalue weighted by Crippen LogP contribution is -2.50. The maximum absolute atomic E-state index is 13.4. The van der Waals surface area contributed by atoms with Crippen LogP contribution in [0, 0.1) is 16.0 Å². The molecule has 38 heavy (non-hydrogen) atoms. The summed E-state index contributed by atoms with van der Waals surface area (Å²) in [6.07, 6.45) is 3.97. The highest BCUT2D eigenvalue weighted by atomic mass is 32.1. The van der Waals surface area contributed by atoms with E-state index in [2.05, 4.69) is 26.1 Å². The van der Waals surface area contributed by atoms with Crippen LogP contribution in [0.15, 0.2) is 52.4 Å². The summed E-state index contributed by atoms with van der Waals surface area (Å²) in [4.78, 5) is 51.9. The van der Waals surface area contributed by atoms with Gasteiger partial charge in [-0.05, 0) is 44.6 Å². The molecule has 0 unspecified atom stereocenters. The fraction of sp³-hybridized carbons (Fsp3) is 0.478. The van der Waals surface area contributed by atoms with Crippen LogP contribution in [0.5, 0.6) is 0 Å². The first-order valence-corrected chi connectivity index (χ1v) is 12.8. The second-order valence-electron chi connectivity index (χ2n) is 8.54. The lowest BCUT2D eigenvalue weighted by atomic mass is 9.92. The van der Waals surface area contributed by atoms with Crippen LogP contribution >= 0.6 is 11.3 Å². The molecule has 14 nitrogen and oxygen atoms in total. The average molecular weight is 549 g/mol. The largest absolute Gasteiger partial charge is 0.344 e. The molecule has 0 fully saturated rings. The van der Waals surface area contributed by atoms with Gasteiger partial charge in [0.1, 0.15) is 6.04 Å². The maximum Gasteiger partial charge on any atom is 0.248 e. The van der Waals surface area contributed by atoms with Crippen molar-refractivity contribution >= 4 is 34.7 Å². The van der Waals surface area contributed by atoms with E-state index in [1.54, 1.807) is 12.3 Å². The molecule has 0 bridgehead atoms. The number of anilines is 1. The van der Waals surface area contributed by atoms with Crippen LogP contribution in [0.1, 0.15) is 38.2 Å². The summed E-state index contributed by atoms with van der Waals surface area (Å²) in [5, 5.41) is 34.9. The molecule has 1 aromatic heterocycles. The Bertz CT molecular complexity index is 1060. The number of hydrogen-bond donors (Lipinski definition) is 3. The van der Waals surface area contributed by atoms with Crippen molar-refractivity contribution in [3.05, 3.63) is 57.6 Å². The molecule has 1 aromatic carbocycles. The van der Waals surface area contributed by atoms with Crippen LogP contribution in [0.25, 0.3) is 0 Å². The summed E-state index contributed by atoms with van der Waals surface area (Å²) >= 11 is 1.22. The number of carbonyl (C=O) groups is 3. The van der Waals surface area contributed by atoms with Crippen molar-refractivity contribution in [3.8, 4) is 0 Å². The molecule has 1 heterocycles. The molecule has 0 radical (unpaired) electrons. The molecule has 3 amide bonds. The van der Waals surface area contributed by atoms with Gasteiger partial charge in [0.25, 0.3) is 0 Å². The minimum Gasteiger partial charge on any atom is -0.344 e. The summed E-state index contributed by atoms with van der Waals surface area (Å²) in [6, 6.07) is 7.90. The first kappa shape index (κ1) is 30.2. The summed E-state index contributed by atoms with van der Waals surface area (Å²) in [6.45, 7) is 1.79. The Morgan fingerprint density at radius 3 is 2.61 bits per heavy atom. The predicted octanol–water partition coefficient (Wildman–Crippen LogP) is 2.71. The van der Waals surface area contributed by atoms with Gasteiger partial charge in [-0.1, -0.05) is 30.3 Å². The minimum absolute atomic E-state index is 0.183. The number of amides is 3. The van der Waals surface area contributed by atoms with E-state index < -0.39 is 34.8 Å². The van der Waals surface area contributed by atoms with Gasteiger partial charge in [0.15, 0.2) is 10.4 Å². The number of carbonyl (C=O) groups excluding carboxylic acids is 3. The van der Waals surface area contributed by atoms with Crippen molar-refractivity contribution in [2.24, 2.45) is 16.4 Å².